The van der Waals surface area contributed by atoms with Crippen molar-refractivity contribution in [3.05, 3.63) is 18.7 Å². The zero-order valence-corrected chi connectivity index (χ0v) is 12.8. The molecule has 0 aromatic heterocycles. The molecule has 0 fully saturated rings. The molecule has 0 unspecified atom stereocenters. The third-order valence-electron chi connectivity index (χ3n) is 1.13. The summed E-state index contributed by atoms with van der Waals surface area (Å²) in [7, 11) is 1.27. The Morgan fingerprint density at radius 3 is 2.31 bits per heavy atom. The molecule has 0 atom stereocenters. The van der Waals surface area contributed by atoms with Crippen molar-refractivity contribution in [3.8, 4) is 0 Å². The van der Waals surface area contributed by atoms with Crippen LogP contribution < -0.4 is 5.32 Å². The van der Waals surface area contributed by atoms with E-state index in [0.717, 1.165) is 0 Å². The standard InChI is InChI=1S/C10H16NO4.Y/c1-10(2,3)15-9(13)11-7-5-6-8(12)14-4;/h5-7H,1-4H3,(H,11,13);/q-1;/b6-5+;. The van der Waals surface area contributed by atoms with Crippen LogP contribution in [0, 0.1) is 6.54 Å². The largest absolute Gasteiger partial charge is 0.479 e. The van der Waals surface area contributed by atoms with Gasteiger partial charge in [0.15, 0.2) is 0 Å². The van der Waals surface area contributed by atoms with Crippen molar-refractivity contribution in [1.29, 1.82) is 0 Å². The van der Waals surface area contributed by atoms with Crippen molar-refractivity contribution in [3.63, 3.8) is 0 Å². The molecule has 1 radical (unpaired) electrons. The first-order chi connectivity index (χ1) is 6.85. The van der Waals surface area contributed by atoms with Crippen LogP contribution in [0.15, 0.2) is 12.2 Å². The summed E-state index contributed by atoms with van der Waals surface area (Å²) in [4.78, 5) is 21.7. The van der Waals surface area contributed by atoms with Gasteiger partial charge in [0.05, 0.1) is 7.11 Å². The van der Waals surface area contributed by atoms with E-state index in [9.17, 15) is 9.59 Å². The monoisotopic (exact) mass is 303 g/mol. The van der Waals surface area contributed by atoms with Crippen molar-refractivity contribution in [2.75, 3.05) is 7.11 Å². The Labute approximate surface area is 121 Å². The molecule has 0 rings (SSSR count). The maximum Gasteiger partial charge on any atom is 0.395 e. The fraction of sp³-hybridized carbons (Fsp3) is 0.500. The Bertz CT molecular complexity index is 258. The van der Waals surface area contributed by atoms with Crippen LogP contribution in [0.4, 0.5) is 4.79 Å². The van der Waals surface area contributed by atoms with Crippen LogP contribution in [0.2, 0.25) is 0 Å². The van der Waals surface area contributed by atoms with Crippen LogP contribution in [0.25, 0.3) is 0 Å². The van der Waals surface area contributed by atoms with E-state index >= 15 is 0 Å². The molecule has 5 nitrogen and oxygen atoms in total. The van der Waals surface area contributed by atoms with Crippen LogP contribution in [0.3, 0.4) is 0 Å². The number of amides is 1. The molecule has 0 bridgehead atoms. The summed E-state index contributed by atoms with van der Waals surface area (Å²) in [5.74, 6) is -0.489. The van der Waals surface area contributed by atoms with E-state index in [2.05, 4.69) is 10.1 Å². The van der Waals surface area contributed by atoms with Crippen LogP contribution in [0.1, 0.15) is 20.8 Å². The molecular weight excluding hydrogens is 287 g/mol. The van der Waals surface area contributed by atoms with Gasteiger partial charge in [-0.3, -0.25) is 4.79 Å². The molecule has 0 aromatic rings. The summed E-state index contributed by atoms with van der Waals surface area (Å²) in [5, 5.41) is 2.34. The Kier molecular flexibility index (Phi) is 9.57. The van der Waals surface area contributed by atoms with Crippen LogP contribution in [-0.2, 0) is 47.0 Å². The second-order valence-electron chi connectivity index (χ2n) is 3.70. The molecule has 0 aliphatic rings. The van der Waals surface area contributed by atoms with E-state index in [-0.39, 0.29) is 32.7 Å². The van der Waals surface area contributed by atoms with E-state index in [1.54, 1.807) is 20.8 Å². The van der Waals surface area contributed by atoms with Crippen molar-refractivity contribution in [1.82, 2.24) is 5.32 Å². The van der Waals surface area contributed by atoms with E-state index in [4.69, 9.17) is 4.74 Å². The summed E-state index contributed by atoms with van der Waals surface area (Å²) >= 11 is 0. The van der Waals surface area contributed by atoms with Crippen molar-refractivity contribution in [2.24, 2.45) is 0 Å². The van der Waals surface area contributed by atoms with Gasteiger partial charge in [-0.25, -0.2) is 10.9 Å². The predicted octanol–water partition coefficient (Wildman–Crippen LogP) is 1.40. The molecule has 0 saturated heterocycles. The first-order valence-electron chi connectivity index (χ1n) is 4.42. The third kappa shape index (κ3) is 11.5. The van der Waals surface area contributed by atoms with Crippen molar-refractivity contribution < 1.29 is 51.8 Å². The normalized spacial score (nSPS) is 10.2. The molecular formula is C10H16NO4Y-. The maximum absolute atomic E-state index is 11.1. The zero-order valence-electron chi connectivity index (χ0n) is 9.94. The molecule has 0 heterocycles. The number of hydrogen-bond acceptors (Lipinski definition) is 4. The fourth-order valence-electron chi connectivity index (χ4n) is 0.618. The van der Waals surface area contributed by atoms with Gasteiger partial charge < -0.3 is 14.8 Å². The van der Waals surface area contributed by atoms with E-state index in [1.165, 1.54) is 25.8 Å². The molecule has 0 aromatic carbocycles. The number of rotatable bonds is 3. The summed E-state index contributed by atoms with van der Waals surface area (Å²) in [6, 6.07) is 0. The summed E-state index contributed by atoms with van der Waals surface area (Å²) < 4.78 is 9.29. The summed E-state index contributed by atoms with van der Waals surface area (Å²) in [6.07, 6.45) is 1.96. The van der Waals surface area contributed by atoms with E-state index in [0.29, 0.717) is 0 Å². The summed E-state index contributed by atoms with van der Waals surface area (Å²) in [6.45, 7) is 6.58. The number of esters is 1. The van der Waals surface area contributed by atoms with Gasteiger partial charge in [0.2, 0.25) is 5.97 Å². The molecule has 6 heteroatoms. The fourth-order valence-corrected chi connectivity index (χ4v) is 0.618. The van der Waals surface area contributed by atoms with Crippen molar-refractivity contribution >= 4 is 12.1 Å². The number of alkyl carbamates (subject to hydrolysis) is 1. The molecule has 1 N–H and O–H groups in total. The molecule has 16 heavy (non-hydrogen) atoms. The molecule has 89 valence electrons. The SMILES string of the molecule is COC(=O)/C=C/[CH-]NC(=O)OC(C)(C)C.[Y]. The molecule has 0 aliphatic carbocycles. The molecule has 0 spiro atoms. The quantitative estimate of drug-likeness (QED) is 0.486. The van der Waals surface area contributed by atoms with Gasteiger partial charge >= 0.3 is 6.09 Å². The van der Waals surface area contributed by atoms with Crippen LogP contribution in [-0.4, -0.2) is 24.8 Å². The molecule has 0 saturated carbocycles. The third-order valence-corrected chi connectivity index (χ3v) is 1.13. The van der Waals surface area contributed by atoms with Gasteiger partial charge in [-0.1, -0.05) is 0 Å². The average Bonchev–Trinajstić information content (AvgIpc) is 2.09. The Balaban J connectivity index is 0. The minimum atomic E-state index is -0.572. The maximum atomic E-state index is 11.1. The number of ether oxygens (including phenoxy) is 2. The smallest absolute Gasteiger partial charge is 0.395 e. The van der Waals surface area contributed by atoms with Gasteiger partial charge in [0.1, 0.15) is 5.60 Å². The van der Waals surface area contributed by atoms with Crippen LogP contribution in [0.5, 0.6) is 0 Å². The number of hydrogen-bond donors (Lipinski definition) is 1. The predicted molar refractivity (Wildman–Crippen MR) is 54.8 cm³/mol. The number of carbonyl (C=O) groups is 2. The second-order valence-corrected chi connectivity index (χ2v) is 3.70. The number of carbonyl (C=O) groups excluding carboxylic acids is 2. The van der Waals surface area contributed by atoms with Gasteiger partial charge in [0.25, 0.3) is 0 Å². The van der Waals surface area contributed by atoms with E-state index in [1.807, 2.05) is 0 Å². The minimum Gasteiger partial charge on any atom is -0.479 e. The number of nitrogens with one attached hydrogen (secondary N) is 1. The zero-order chi connectivity index (χ0) is 11.9. The second kappa shape index (κ2) is 8.59. The summed E-state index contributed by atoms with van der Waals surface area (Å²) in [5.41, 5.74) is -0.538. The Morgan fingerprint density at radius 2 is 1.88 bits per heavy atom. The Hall–Kier alpha value is -0.546. The molecule has 1 amide bonds. The minimum absolute atomic E-state index is 0. The van der Waals surface area contributed by atoms with Gasteiger partial charge in [-0.15, -0.1) is 12.6 Å². The topological polar surface area (TPSA) is 64.6 Å². The first-order valence-corrected chi connectivity index (χ1v) is 4.42. The van der Waals surface area contributed by atoms with Gasteiger partial charge in [-0.2, -0.15) is 0 Å². The average molecular weight is 303 g/mol. The van der Waals surface area contributed by atoms with Crippen LogP contribution >= 0.6 is 0 Å². The number of methoxy groups -OCH3 is 1. The Morgan fingerprint density at radius 1 is 1.31 bits per heavy atom. The molecule has 0 aliphatic heterocycles. The van der Waals surface area contributed by atoms with Gasteiger partial charge in [-0.05, 0) is 20.8 Å². The van der Waals surface area contributed by atoms with Crippen molar-refractivity contribution in [2.45, 2.75) is 26.4 Å². The van der Waals surface area contributed by atoms with E-state index < -0.39 is 17.7 Å². The first kappa shape index (κ1) is 17.8. The van der Waals surface area contributed by atoms with Gasteiger partial charge in [0, 0.05) is 32.7 Å².